The van der Waals surface area contributed by atoms with Crippen LogP contribution in [-0.4, -0.2) is 41.4 Å². The molecule has 5 nitrogen and oxygen atoms in total. The van der Waals surface area contributed by atoms with E-state index in [0.29, 0.717) is 18.9 Å². The van der Waals surface area contributed by atoms with E-state index >= 15 is 0 Å². The minimum atomic E-state index is -0.801. The molecule has 0 aromatic heterocycles. The molecule has 2 amide bonds. The predicted molar refractivity (Wildman–Crippen MR) is 64.1 cm³/mol. The molecule has 0 spiro atoms. The molecule has 2 heterocycles. The Hall–Kier alpha value is -1.10. The lowest BCUT2D eigenvalue weighted by Crippen LogP contribution is -2.59. The zero-order chi connectivity index (χ0) is 12.6. The lowest BCUT2D eigenvalue weighted by atomic mass is 9.84. The van der Waals surface area contributed by atoms with Gasteiger partial charge < -0.3 is 16.0 Å². The van der Waals surface area contributed by atoms with Gasteiger partial charge in [-0.2, -0.15) is 0 Å². The van der Waals surface area contributed by atoms with Gasteiger partial charge in [0, 0.05) is 25.6 Å². The van der Waals surface area contributed by atoms with Gasteiger partial charge in [0.25, 0.3) is 0 Å². The lowest BCUT2D eigenvalue weighted by molar-refractivity contribution is -0.139. The number of likely N-dealkylation sites (tertiary alicyclic amines) is 1. The van der Waals surface area contributed by atoms with Crippen LogP contribution < -0.4 is 11.1 Å². The van der Waals surface area contributed by atoms with Gasteiger partial charge in [-0.15, -0.1) is 0 Å². The van der Waals surface area contributed by atoms with E-state index in [-0.39, 0.29) is 17.9 Å². The largest absolute Gasteiger partial charge is 0.353 e. The highest BCUT2D eigenvalue weighted by Gasteiger charge is 2.37. The topological polar surface area (TPSA) is 75.4 Å². The average Bonchev–Trinajstić information content (AvgIpc) is 2.26. The van der Waals surface area contributed by atoms with Gasteiger partial charge in [-0.25, -0.2) is 0 Å². The number of hydrogen-bond acceptors (Lipinski definition) is 3. The minimum Gasteiger partial charge on any atom is -0.353 e. The normalized spacial score (nSPS) is 29.6. The molecule has 0 radical (unpaired) electrons. The highest BCUT2D eigenvalue weighted by molar-refractivity contribution is 5.85. The van der Waals surface area contributed by atoms with Crippen LogP contribution in [0.1, 0.15) is 33.1 Å². The number of carbonyl (C=O) groups is 2. The van der Waals surface area contributed by atoms with Gasteiger partial charge in [0.1, 0.15) is 0 Å². The first-order valence-corrected chi connectivity index (χ1v) is 6.25. The maximum absolute atomic E-state index is 12.1. The average molecular weight is 239 g/mol. The Morgan fingerprint density at radius 3 is 2.82 bits per heavy atom. The van der Waals surface area contributed by atoms with E-state index in [0.717, 1.165) is 19.4 Å². The highest BCUT2D eigenvalue weighted by atomic mass is 16.2. The molecule has 96 valence electrons. The van der Waals surface area contributed by atoms with Gasteiger partial charge in [-0.05, 0) is 32.6 Å². The van der Waals surface area contributed by atoms with Crippen molar-refractivity contribution in [3.63, 3.8) is 0 Å². The van der Waals surface area contributed by atoms with Crippen molar-refractivity contribution in [3.05, 3.63) is 0 Å². The molecule has 2 rings (SSSR count). The van der Waals surface area contributed by atoms with Gasteiger partial charge >= 0.3 is 0 Å². The van der Waals surface area contributed by atoms with E-state index in [1.807, 2.05) is 4.90 Å². The molecule has 0 aromatic carbocycles. The van der Waals surface area contributed by atoms with Gasteiger partial charge in [0.2, 0.25) is 11.8 Å². The van der Waals surface area contributed by atoms with Crippen molar-refractivity contribution >= 4 is 11.8 Å². The predicted octanol–water partition coefficient (Wildman–Crippen LogP) is -0.149. The summed E-state index contributed by atoms with van der Waals surface area (Å²) in [5.74, 6) is 0.547. The van der Waals surface area contributed by atoms with Crippen LogP contribution in [0.4, 0.5) is 0 Å². The zero-order valence-corrected chi connectivity index (χ0v) is 10.5. The van der Waals surface area contributed by atoms with Crippen LogP contribution >= 0.6 is 0 Å². The summed E-state index contributed by atoms with van der Waals surface area (Å²) < 4.78 is 0. The maximum Gasteiger partial charge on any atom is 0.242 e. The van der Waals surface area contributed by atoms with Crippen LogP contribution in [0.2, 0.25) is 0 Å². The number of nitrogens with two attached hydrogens (primary N) is 1. The smallest absolute Gasteiger partial charge is 0.242 e. The Bertz CT molecular complexity index is 335. The third kappa shape index (κ3) is 2.60. The summed E-state index contributed by atoms with van der Waals surface area (Å²) in [6.45, 7) is 4.90. The SMILES string of the molecule is CC(C)(N)C(=O)N1CCC2NC(=O)CCC2C1. The number of nitrogens with zero attached hydrogens (tertiary/aromatic N) is 1. The second kappa shape index (κ2) is 4.29. The van der Waals surface area contributed by atoms with Crippen LogP contribution in [0, 0.1) is 5.92 Å². The molecular formula is C12H21N3O2. The number of nitrogens with one attached hydrogen (secondary N) is 1. The second-order valence-electron chi connectivity index (χ2n) is 5.73. The fourth-order valence-corrected chi connectivity index (χ4v) is 2.70. The standard InChI is InChI=1S/C12H21N3O2/c1-12(2,13)11(17)15-6-5-9-8(7-15)3-4-10(16)14-9/h8-9H,3-7,13H2,1-2H3,(H,14,16). The molecule has 2 atom stereocenters. The van der Waals surface area contributed by atoms with Gasteiger partial charge in [0.15, 0.2) is 0 Å². The Morgan fingerprint density at radius 2 is 2.18 bits per heavy atom. The maximum atomic E-state index is 12.1. The molecule has 2 aliphatic rings. The molecule has 0 bridgehead atoms. The number of rotatable bonds is 1. The minimum absolute atomic E-state index is 0.00727. The van der Waals surface area contributed by atoms with Gasteiger partial charge in [-0.1, -0.05) is 0 Å². The first-order valence-electron chi connectivity index (χ1n) is 6.25. The van der Waals surface area contributed by atoms with Crippen LogP contribution in [0.25, 0.3) is 0 Å². The van der Waals surface area contributed by atoms with Crippen LogP contribution in [0.5, 0.6) is 0 Å². The summed E-state index contributed by atoms with van der Waals surface area (Å²) in [6, 6.07) is 0.251. The molecule has 2 saturated heterocycles. The number of piperidine rings is 2. The van der Waals surface area contributed by atoms with Gasteiger partial charge in [-0.3, -0.25) is 9.59 Å². The number of fused-ring (bicyclic) bond motifs is 1. The van der Waals surface area contributed by atoms with Crippen molar-refractivity contribution in [2.75, 3.05) is 13.1 Å². The quantitative estimate of drug-likeness (QED) is 0.668. The molecule has 2 fully saturated rings. The van der Waals surface area contributed by atoms with Crippen LogP contribution in [-0.2, 0) is 9.59 Å². The molecule has 0 saturated carbocycles. The Morgan fingerprint density at radius 1 is 1.47 bits per heavy atom. The van der Waals surface area contributed by atoms with E-state index in [1.54, 1.807) is 13.8 Å². The molecule has 2 unspecified atom stereocenters. The van der Waals surface area contributed by atoms with E-state index in [9.17, 15) is 9.59 Å². The molecular weight excluding hydrogens is 218 g/mol. The first kappa shape index (κ1) is 12.4. The van der Waals surface area contributed by atoms with E-state index in [4.69, 9.17) is 5.73 Å². The van der Waals surface area contributed by atoms with E-state index in [1.165, 1.54) is 0 Å². The van der Waals surface area contributed by atoms with Crippen molar-refractivity contribution in [1.29, 1.82) is 0 Å². The third-order valence-corrected chi connectivity index (χ3v) is 3.66. The fraction of sp³-hybridized carbons (Fsp3) is 0.833. The molecule has 17 heavy (non-hydrogen) atoms. The zero-order valence-electron chi connectivity index (χ0n) is 10.5. The Balaban J connectivity index is 1.99. The highest BCUT2D eigenvalue weighted by Crippen LogP contribution is 2.26. The van der Waals surface area contributed by atoms with Crippen molar-refractivity contribution in [2.45, 2.75) is 44.7 Å². The number of amides is 2. The fourth-order valence-electron chi connectivity index (χ4n) is 2.70. The third-order valence-electron chi connectivity index (χ3n) is 3.66. The Labute approximate surface area is 102 Å². The summed E-state index contributed by atoms with van der Waals surface area (Å²) in [6.07, 6.45) is 2.30. The molecule has 5 heteroatoms. The number of carbonyl (C=O) groups excluding carboxylic acids is 2. The summed E-state index contributed by atoms with van der Waals surface area (Å²) in [7, 11) is 0. The van der Waals surface area contributed by atoms with Crippen LogP contribution in [0.15, 0.2) is 0 Å². The lowest BCUT2D eigenvalue weighted by Gasteiger charge is -2.43. The summed E-state index contributed by atoms with van der Waals surface area (Å²) >= 11 is 0. The van der Waals surface area contributed by atoms with Crippen molar-refractivity contribution in [1.82, 2.24) is 10.2 Å². The summed E-state index contributed by atoms with van der Waals surface area (Å²) in [5, 5.41) is 3.01. The summed E-state index contributed by atoms with van der Waals surface area (Å²) in [5.41, 5.74) is 5.04. The van der Waals surface area contributed by atoms with Crippen molar-refractivity contribution in [2.24, 2.45) is 11.7 Å². The second-order valence-corrected chi connectivity index (χ2v) is 5.73. The monoisotopic (exact) mass is 239 g/mol. The van der Waals surface area contributed by atoms with E-state index in [2.05, 4.69) is 5.32 Å². The Kier molecular flexibility index (Phi) is 3.12. The molecule has 3 N–H and O–H groups in total. The molecule has 2 aliphatic heterocycles. The number of hydrogen-bond donors (Lipinski definition) is 2. The van der Waals surface area contributed by atoms with Crippen LogP contribution in [0.3, 0.4) is 0 Å². The van der Waals surface area contributed by atoms with Gasteiger partial charge in [0.05, 0.1) is 5.54 Å². The summed E-state index contributed by atoms with van der Waals surface area (Å²) in [4.78, 5) is 25.2. The van der Waals surface area contributed by atoms with Crippen molar-refractivity contribution < 1.29 is 9.59 Å². The molecule has 0 aliphatic carbocycles. The molecule has 0 aromatic rings. The van der Waals surface area contributed by atoms with E-state index < -0.39 is 5.54 Å². The van der Waals surface area contributed by atoms with Crippen molar-refractivity contribution in [3.8, 4) is 0 Å². The first-order chi connectivity index (χ1) is 7.88.